The van der Waals surface area contributed by atoms with Crippen molar-refractivity contribution in [2.45, 2.75) is 389 Å². The Hall–Kier alpha value is -1.01. The molecule has 470 valence electrons. The van der Waals surface area contributed by atoms with Crippen LogP contribution in [0.15, 0.2) is 0 Å². The van der Waals surface area contributed by atoms with Crippen LogP contribution in [0.1, 0.15) is 316 Å². The van der Waals surface area contributed by atoms with Crippen molar-refractivity contribution in [3.8, 4) is 0 Å². The molecule has 1 amide bonds. The molecule has 2 rings (SSSR count). The lowest BCUT2D eigenvalue weighted by atomic mass is 9.97. The van der Waals surface area contributed by atoms with Crippen LogP contribution >= 0.6 is 0 Å². The molecule has 0 spiro atoms. The Kier molecular flexibility index (Phi) is 48.2. The smallest absolute Gasteiger partial charge is 0.220 e. The van der Waals surface area contributed by atoms with E-state index >= 15 is 0 Å². The summed E-state index contributed by atoms with van der Waals surface area (Å²) < 4.78 is 22.9. The van der Waals surface area contributed by atoms with E-state index in [4.69, 9.17) is 18.9 Å². The predicted molar refractivity (Wildman–Crippen MR) is 319 cm³/mol. The number of amides is 1. The standard InChI is InChI=1S/C65H127NO13/c1-3-5-7-9-11-13-15-17-19-20-21-22-23-24-25-26-27-28-29-30-31-32-33-35-36-38-40-42-44-46-48-54(69)53(66-57(70)49-47-45-43-41-39-37-34-18-16-14-12-10-8-6-4-2)52-76-64-62(75)60(73)63(56(51-68)78-64)79-65-61(74)59(72)58(71)55(50-67)77-65/h53-56,58-65,67-69,71-75H,3-52H2,1-2H3,(H,66,70). The topological polar surface area (TPSA) is 228 Å². The van der Waals surface area contributed by atoms with Crippen LogP contribution in [0.5, 0.6) is 0 Å². The summed E-state index contributed by atoms with van der Waals surface area (Å²) in [4.78, 5) is 13.3. The number of hydrogen-bond donors (Lipinski definition) is 9. The van der Waals surface area contributed by atoms with Gasteiger partial charge in [-0.25, -0.2) is 0 Å². The number of aliphatic hydroxyl groups excluding tert-OH is 8. The summed E-state index contributed by atoms with van der Waals surface area (Å²) in [5.41, 5.74) is 0. The van der Waals surface area contributed by atoms with Gasteiger partial charge >= 0.3 is 0 Å². The Balaban J connectivity index is 1.64. The summed E-state index contributed by atoms with van der Waals surface area (Å²) in [5.74, 6) is -0.200. The van der Waals surface area contributed by atoms with E-state index in [2.05, 4.69) is 19.2 Å². The molecule has 2 fully saturated rings. The summed E-state index contributed by atoms with van der Waals surface area (Å²) in [6.45, 7) is 2.91. The Labute approximate surface area is 483 Å². The predicted octanol–water partition coefficient (Wildman–Crippen LogP) is 12.8. The quantitative estimate of drug-likeness (QED) is 0.0259. The maximum absolute atomic E-state index is 13.3. The highest BCUT2D eigenvalue weighted by atomic mass is 16.7. The molecule has 0 aromatic carbocycles. The first kappa shape index (κ1) is 74.1. The summed E-state index contributed by atoms with van der Waals surface area (Å²) in [6.07, 6.45) is 42.7. The van der Waals surface area contributed by atoms with Crippen LogP contribution in [0.3, 0.4) is 0 Å². The number of ether oxygens (including phenoxy) is 4. The van der Waals surface area contributed by atoms with Crippen LogP contribution in [0.25, 0.3) is 0 Å². The first-order chi connectivity index (χ1) is 38.6. The molecular weight excluding hydrogens is 1000 g/mol. The number of aliphatic hydroxyl groups is 8. The van der Waals surface area contributed by atoms with E-state index < -0.39 is 86.8 Å². The fourth-order valence-electron chi connectivity index (χ4n) is 11.7. The highest BCUT2D eigenvalue weighted by Gasteiger charge is 2.51. The molecule has 0 radical (unpaired) electrons. The summed E-state index contributed by atoms with van der Waals surface area (Å²) in [6, 6.07) is -0.823. The average molecular weight is 1130 g/mol. The molecule has 12 atom stereocenters. The Morgan fingerprint density at radius 2 is 0.722 bits per heavy atom. The van der Waals surface area contributed by atoms with Gasteiger partial charge < -0.3 is 65.1 Å². The normalized spacial score (nSPS) is 24.3. The summed E-state index contributed by atoms with van der Waals surface area (Å²) in [7, 11) is 0. The molecule has 2 aliphatic heterocycles. The van der Waals surface area contributed by atoms with E-state index in [1.54, 1.807) is 0 Å². The van der Waals surface area contributed by atoms with Crippen LogP contribution in [-0.2, 0) is 23.7 Å². The van der Waals surface area contributed by atoms with Crippen LogP contribution < -0.4 is 5.32 Å². The van der Waals surface area contributed by atoms with Gasteiger partial charge in [-0.05, 0) is 12.8 Å². The van der Waals surface area contributed by atoms with Crippen molar-refractivity contribution in [3.05, 3.63) is 0 Å². The van der Waals surface area contributed by atoms with Crippen molar-refractivity contribution >= 4 is 5.91 Å². The van der Waals surface area contributed by atoms with Gasteiger partial charge in [0.1, 0.15) is 48.8 Å². The van der Waals surface area contributed by atoms with E-state index in [1.807, 2.05) is 0 Å². The van der Waals surface area contributed by atoms with Gasteiger partial charge in [-0.1, -0.05) is 296 Å². The van der Waals surface area contributed by atoms with Crippen LogP contribution in [-0.4, -0.2) is 140 Å². The number of carbonyl (C=O) groups is 1. The van der Waals surface area contributed by atoms with E-state index in [1.165, 1.54) is 238 Å². The number of unbranched alkanes of at least 4 members (excludes halogenated alkanes) is 43. The third-order valence-corrected chi connectivity index (χ3v) is 17.1. The largest absolute Gasteiger partial charge is 0.394 e. The van der Waals surface area contributed by atoms with Gasteiger partial charge in [0, 0.05) is 6.42 Å². The number of nitrogens with one attached hydrogen (secondary N) is 1. The fraction of sp³-hybridized carbons (Fsp3) is 0.985. The maximum Gasteiger partial charge on any atom is 0.220 e. The van der Waals surface area contributed by atoms with Crippen molar-refractivity contribution in [2.24, 2.45) is 0 Å². The molecule has 12 unspecified atom stereocenters. The molecule has 0 aromatic heterocycles. The van der Waals surface area contributed by atoms with Crippen LogP contribution in [0.4, 0.5) is 0 Å². The van der Waals surface area contributed by atoms with Gasteiger partial charge in [0.05, 0.1) is 32.0 Å². The second-order valence-electron chi connectivity index (χ2n) is 24.3. The van der Waals surface area contributed by atoms with Crippen molar-refractivity contribution in [1.82, 2.24) is 5.32 Å². The molecule has 0 aromatic rings. The second-order valence-corrected chi connectivity index (χ2v) is 24.3. The third-order valence-electron chi connectivity index (χ3n) is 17.1. The summed E-state index contributed by atoms with van der Waals surface area (Å²) in [5, 5.41) is 87.4. The Morgan fingerprint density at radius 3 is 1.08 bits per heavy atom. The highest BCUT2D eigenvalue weighted by Crippen LogP contribution is 2.30. The molecular formula is C65H127NO13. The second kappa shape index (κ2) is 51.4. The van der Waals surface area contributed by atoms with Crippen LogP contribution in [0.2, 0.25) is 0 Å². The van der Waals surface area contributed by atoms with Gasteiger partial charge in [-0.2, -0.15) is 0 Å². The third kappa shape index (κ3) is 36.4. The molecule has 9 N–H and O–H groups in total. The van der Waals surface area contributed by atoms with Gasteiger partial charge in [0.15, 0.2) is 12.6 Å². The minimum atomic E-state index is -1.78. The number of carbonyl (C=O) groups excluding carboxylic acids is 1. The van der Waals surface area contributed by atoms with Gasteiger partial charge in [0.2, 0.25) is 5.91 Å². The Morgan fingerprint density at radius 1 is 0.405 bits per heavy atom. The molecule has 14 nitrogen and oxygen atoms in total. The zero-order valence-electron chi connectivity index (χ0n) is 50.9. The number of rotatable bonds is 56. The van der Waals surface area contributed by atoms with Crippen molar-refractivity contribution in [1.29, 1.82) is 0 Å². The van der Waals surface area contributed by atoms with E-state index in [9.17, 15) is 45.6 Å². The molecule has 0 bridgehead atoms. The van der Waals surface area contributed by atoms with E-state index in [0.717, 1.165) is 51.4 Å². The number of hydrogen-bond acceptors (Lipinski definition) is 13. The van der Waals surface area contributed by atoms with E-state index in [-0.39, 0.29) is 12.5 Å². The van der Waals surface area contributed by atoms with Gasteiger partial charge in [-0.15, -0.1) is 0 Å². The lowest BCUT2D eigenvalue weighted by molar-refractivity contribution is -0.359. The zero-order chi connectivity index (χ0) is 57.4. The van der Waals surface area contributed by atoms with Gasteiger partial charge in [0.25, 0.3) is 0 Å². The minimum Gasteiger partial charge on any atom is -0.394 e. The first-order valence-electron chi connectivity index (χ1n) is 33.8. The molecule has 2 saturated heterocycles. The monoisotopic (exact) mass is 1130 g/mol. The van der Waals surface area contributed by atoms with Crippen molar-refractivity contribution in [2.75, 3.05) is 19.8 Å². The van der Waals surface area contributed by atoms with Crippen molar-refractivity contribution in [3.63, 3.8) is 0 Å². The summed E-state index contributed by atoms with van der Waals surface area (Å²) >= 11 is 0. The molecule has 2 heterocycles. The van der Waals surface area contributed by atoms with Gasteiger partial charge in [-0.3, -0.25) is 4.79 Å². The molecule has 14 heteroatoms. The molecule has 0 aliphatic carbocycles. The lowest BCUT2D eigenvalue weighted by Gasteiger charge is -2.46. The SMILES string of the molecule is CCCCCCCCCCCCCCCCCCCCCCCCCCCCCCCCC(O)C(COC1OC(CO)C(OC2OC(CO)C(O)C(O)C2O)C(O)C1O)NC(=O)CCCCCCCCCCCCCCCCC. The van der Waals surface area contributed by atoms with Crippen molar-refractivity contribution < 1.29 is 64.6 Å². The Bertz CT molecular complexity index is 1330. The lowest BCUT2D eigenvalue weighted by Crippen LogP contribution is -2.65. The minimum absolute atomic E-state index is 0.200. The van der Waals surface area contributed by atoms with E-state index in [0.29, 0.717) is 12.8 Å². The maximum atomic E-state index is 13.3. The molecule has 0 saturated carbocycles. The van der Waals surface area contributed by atoms with Crippen LogP contribution in [0, 0.1) is 0 Å². The molecule has 79 heavy (non-hydrogen) atoms. The zero-order valence-corrected chi connectivity index (χ0v) is 50.9. The first-order valence-corrected chi connectivity index (χ1v) is 33.8. The fourth-order valence-corrected chi connectivity index (χ4v) is 11.7. The highest BCUT2D eigenvalue weighted by molar-refractivity contribution is 5.76. The average Bonchev–Trinajstić information content (AvgIpc) is 3.45. The molecule has 2 aliphatic rings.